The van der Waals surface area contributed by atoms with E-state index in [0.29, 0.717) is 0 Å². The lowest BCUT2D eigenvalue weighted by Gasteiger charge is -2.36. The van der Waals surface area contributed by atoms with Crippen LogP contribution in [0.2, 0.25) is 0 Å². The minimum atomic E-state index is -0.938. The number of nitro groups is 1. The molecule has 0 bridgehead atoms. The number of nitrogens with zero attached hydrogens (tertiary/aromatic N) is 3. The highest BCUT2D eigenvalue weighted by Crippen LogP contribution is 2.49. The number of nitro benzene ring substituents is 1. The van der Waals surface area contributed by atoms with Crippen molar-refractivity contribution in [3.63, 3.8) is 0 Å². The van der Waals surface area contributed by atoms with Gasteiger partial charge in [-0.15, -0.1) is 0 Å². The van der Waals surface area contributed by atoms with Crippen molar-refractivity contribution in [3.05, 3.63) is 94.4 Å². The number of non-ortho nitro benzene ring substituents is 1. The first kappa shape index (κ1) is 20.1. The van der Waals surface area contributed by atoms with Crippen LogP contribution in [0.3, 0.4) is 0 Å². The average molecular weight is 455 g/mol. The zero-order chi connectivity index (χ0) is 23.6. The second-order valence-corrected chi connectivity index (χ2v) is 8.44. The number of para-hydroxylation sites is 1. The number of hydrogen-bond donors (Lipinski definition) is 0. The molecule has 6 rings (SSSR count). The second kappa shape index (κ2) is 7.24. The molecule has 168 valence electrons. The molecule has 2 saturated heterocycles. The quantitative estimate of drug-likeness (QED) is 0.256. The Morgan fingerprint density at radius 2 is 1.68 bits per heavy atom. The normalized spacial score (nSPS) is 24.7. The predicted octanol–water partition coefficient (Wildman–Crippen LogP) is 3.46. The first-order valence-electron chi connectivity index (χ1n) is 10.7. The zero-order valence-corrected chi connectivity index (χ0v) is 17.6. The van der Waals surface area contributed by atoms with Crippen LogP contribution in [0.15, 0.2) is 77.4 Å². The summed E-state index contributed by atoms with van der Waals surface area (Å²) >= 11 is 0. The number of fused-ring (bicyclic) bond motifs is 5. The van der Waals surface area contributed by atoms with Gasteiger partial charge in [0.25, 0.3) is 5.69 Å². The van der Waals surface area contributed by atoms with E-state index in [1.165, 1.54) is 30.5 Å². The van der Waals surface area contributed by atoms with Crippen molar-refractivity contribution in [1.82, 2.24) is 0 Å². The number of imide groups is 1. The summed E-state index contributed by atoms with van der Waals surface area (Å²) in [6, 6.07) is 14.5. The number of ketones is 1. The van der Waals surface area contributed by atoms with Crippen molar-refractivity contribution < 1.29 is 23.7 Å². The molecule has 3 aromatic rings. The van der Waals surface area contributed by atoms with Crippen molar-refractivity contribution in [2.75, 3.05) is 9.80 Å². The maximum Gasteiger partial charge on any atom is 0.269 e. The summed E-state index contributed by atoms with van der Waals surface area (Å²) in [5, 5.41) is 11.0. The summed E-state index contributed by atoms with van der Waals surface area (Å²) in [5.74, 6) is -2.91. The molecule has 4 heterocycles. The van der Waals surface area contributed by atoms with Crippen LogP contribution >= 0.6 is 0 Å². The SMILES string of the molecule is O=C(c1ccco1)[C@@H]1[C@@H]2C(=O)N(c3ccc([N+](=O)[O-])cc3)C(=O)[C@@H]2[C@H]2C=Cc3ccccc3N21. The van der Waals surface area contributed by atoms with Crippen molar-refractivity contribution in [2.45, 2.75) is 12.1 Å². The highest BCUT2D eigenvalue weighted by Gasteiger charge is 2.64. The molecule has 9 heteroatoms. The Hall–Kier alpha value is -4.53. The Labute approximate surface area is 193 Å². The number of Topliss-reactive ketones (excluding diaryl/α,β-unsaturated/α-hetero) is 1. The Kier molecular flexibility index (Phi) is 4.28. The standard InChI is InChI=1S/C25H17N3O6/c29-23(19-6-3-13-34-19)22-21-20(18-12-7-14-4-1-2-5-17(14)27(18)22)24(30)26(25(21)31)15-8-10-16(11-9-15)28(32)33/h1-13,18,20-22H/t18-,20-,21-,22+/m1/s1. The van der Waals surface area contributed by atoms with E-state index in [-0.39, 0.29) is 22.9 Å². The number of amides is 2. The Morgan fingerprint density at radius 1 is 0.941 bits per heavy atom. The van der Waals surface area contributed by atoms with Crippen LogP contribution in [0, 0.1) is 22.0 Å². The molecule has 0 unspecified atom stereocenters. The molecule has 2 aromatic carbocycles. The van der Waals surface area contributed by atoms with Gasteiger partial charge in [-0.25, -0.2) is 4.90 Å². The molecular weight excluding hydrogens is 438 g/mol. The molecule has 2 amide bonds. The van der Waals surface area contributed by atoms with Gasteiger partial charge in [-0.2, -0.15) is 0 Å². The topological polar surface area (TPSA) is 114 Å². The van der Waals surface area contributed by atoms with Crippen molar-refractivity contribution >= 4 is 40.7 Å². The molecular formula is C25H17N3O6. The molecule has 0 radical (unpaired) electrons. The molecule has 3 aliphatic heterocycles. The van der Waals surface area contributed by atoms with Gasteiger partial charge < -0.3 is 9.32 Å². The van der Waals surface area contributed by atoms with Crippen LogP contribution in [-0.4, -0.2) is 34.6 Å². The summed E-state index contributed by atoms with van der Waals surface area (Å²) in [5.41, 5.74) is 1.76. The van der Waals surface area contributed by atoms with Crippen LogP contribution in [0.5, 0.6) is 0 Å². The minimum Gasteiger partial charge on any atom is -0.461 e. The highest BCUT2D eigenvalue weighted by molar-refractivity contribution is 6.25. The first-order valence-corrected chi connectivity index (χ1v) is 10.7. The number of carbonyl (C=O) groups is 3. The molecule has 0 aliphatic carbocycles. The Balaban J connectivity index is 1.46. The third kappa shape index (κ3) is 2.70. The van der Waals surface area contributed by atoms with Gasteiger partial charge in [0.15, 0.2) is 5.76 Å². The number of carbonyl (C=O) groups excluding carboxylic acids is 3. The number of furan rings is 1. The molecule has 0 N–H and O–H groups in total. The summed E-state index contributed by atoms with van der Waals surface area (Å²) in [6.07, 6.45) is 5.16. The molecule has 1 aromatic heterocycles. The fourth-order valence-electron chi connectivity index (χ4n) is 5.36. The van der Waals surface area contributed by atoms with E-state index in [1.807, 2.05) is 41.3 Å². The van der Waals surface area contributed by atoms with Gasteiger partial charge in [-0.1, -0.05) is 30.4 Å². The van der Waals surface area contributed by atoms with Crippen molar-refractivity contribution in [1.29, 1.82) is 0 Å². The third-order valence-electron chi connectivity index (χ3n) is 6.77. The fraction of sp³-hybridized carbons (Fsp3) is 0.160. The summed E-state index contributed by atoms with van der Waals surface area (Å²) in [7, 11) is 0. The molecule has 3 aliphatic rings. The Bertz CT molecular complexity index is 1380. The number of rotatable bonds is 4. The molecule has 4 atom stereocenters. The van der Waals surface area contributed by atoms with E-state index in [4.69, 9.17) is 4.42 Å². The highest BCUT2D eigenvalue weighted by atomic mass is 16.6. The summed E-state index contributed by atoms with van der Waals surface area (Å²) < 4.78 is 5.37. The predicted molar refractivity (Wildman–Crippen MR) is 121 cm³/mol. The van der Waals surface area contributed by atoms with Gasteiger partial charge in [0, 0.05) is 17.8 Å². The van der Waals surface area contributed by atoms with E-state index in [2.05, 4.69) is 0 Å². The maximum atomic E-state index is 13.7. The second-order valence-electron chi connectivity index (χ2n) is 8.44. The van der Waals surface area contributed by atoms with Crippen molar-refractivity contribution in [2.24, 2.45) is 11.8 Å². The van der Waals surface area contributed by atoms with Gasteiger partial charge in [0.2, 0.25) is 17.6 Å². The van der Waals surface area contributed by atoms with Crippen LogP contribution in [0.25, 0.3) is 6.08 Å². The number of benzene rings is 2. The van der Waals surface area contributed by atoms with Gasteiger partial charge >= 0.3 is 0 Å². The Morgan fingerprint density at radius 3 is 2.38 bits per heavy atom. The third-order valence-corrected chi connectivity index (χ3v) is 6.77. The van der Waals surface area contributed by atoms with E-state index in [1.54, 1.807) is 12.1 Å². The molecule has 0 saturated carbocycles. The maximum absolute atomic E-state index is 13.7. The average Bonchev–Trinajstić information content (AvgIpc) is 3.55. The number of hydrogen-bond acceptors (Lipinski definition) is 7. The van der Waals surface area contributed by atoms with Gasteiger partial charge in [0.05, 0.1) is 34.8 Å². The smallest absolute Gasteiger partial charge is 0.269 e. The van der Waals surface area contributed by atoms with E-state index < -0.39 is 40.7 Å². The lowest BCUT2D eigenvalue weighted by molar-refractivity contribution is -0.384. The van der Waals surface area contributed by atoms with Crippen LogP contribution < -0.4 is 9.80 Å². The van der Waals surface area contributed by atoms with Gasteiger partial charge in [0.1, 0.15) is 6.04 Å². The molecule has 34 heavy (non-hydrogen) atoms. The van der Waals surface area contributed by atoms with Crippen LogP contribution in [0.4, 0.5) is 17.1 Å². The lowest BCUT2D eigenvalue weighted by Crippen LogP contribution is -2.48. The zero-order valence-electron chi connectivity index (χ0n) is 17.6. The number of anilines is 2. The van der Waals surface area contributed by atoms with Crippen molar-refractivity contribution in [3.8, 4) is 0 Å². The monoisotopic (exact) mass is 455 g/mol. The summed E-state index contributed by atoms with van der Waals surface area (Å²) in [6.45, 7) is 0. The van der Waals surface area contributed by atoms with Gasteiger partial charge in [-0.3, -0.25) is 24.5 Å². The fourth-order valence-corrected chi connectivity index (χ4v) is 5.36. The molecule has 0 spiro atoms. The van der Waals surface area contributed by atoms with E-state index in [9.17, 15) is 24.5 Å². The lowest BCUT2D eigenvalue weighted by atomic mass is 9.87. The summed E-state index contributed by atoms with van der Waals surface area (Å²) in [4.78, 5) is 54.3. The van der Waals surface area contributed by atoms with Gasteiger partial charge in [-0.05, 0) is 35.9 Å². The molecule has 2 fully saturated rings. The van der Waals surface area contributed by atoms with Crippen LogP contribution in [0.1, 0.15) is 16.1 Å². The van der Waals surface area contributed by atoms with Crippen LogP contribution in [-0.2, 0) is 9.59 Å². The first-order chi connectivity index (χ1) is 16.5. The largest absolute Gasteiger partial charge is 0.461 e. The van der Waals surface area contributed by atoms with E-state index in [0.717, 1.165) is 16.2 Å². The molecule has 9 nitrogen and oxygen atoms in total. The van der Waals surface area contributed by atoms with E-state index >= 15 is 0 Å². The minimum absolute atomic E-state index is 0.116.